The monoisotopic (exact) mass is 179 g/mol. The summed E-state index contributed by atoms with van der Waals surface area (Å²) in [5, 5.41) is 0. The molecule has 0 aromatic carbocycles. The van der Waals surface area contributed by atoms with Crippen molar-refractivity contribution in [2.75, 3.05) is 7.11 Å². The standard InChI is InChI=1S/C10H13NO2/c1-10(11-5-3-4-6-11)7-8(10)9(12)13-2/h3-6,8H,7H2,1-2H3. The first-order valence-corrected chi connectivity index (χ1v) is 4.40. The Bertz CT molecular complexity index is 318. The maximum absolute atomic E-state index is 11.2. The van der Waals surface area contributed by atoms with Crippen molar-refractivity contribution in [3.8, 4) is 0 Å². The summed E-state index contributed by atoms with van der Waals surface area (Å²) in [5.74, 6) is -0.0684. The molecule has 13 heavy (non-hydrogen) atoms. The number of ether oxygens (including phenoxy) is 1. The molecule has 1 heterocycles. The van der Waals surface area contributed by atoms with Crippen LogP contribution in [0.2, 0.25) is 0 Å². The Kier molecular flexibility index (Phi) is 1.68. The molecule has 0 aliphatic heterocycles. The highest BCUT2D eigenvalue weighted by molar-refractivity contribution is 5.77. The van der Waals surface area contributed by atoms with Crippen LogP contribution in [-0.2, 0) is 15.1 Å². The van der Waals surface area contributed by atoms with Crippen LogP contribution < -0.4 is 0 Å². The van der Waals surface area contributed by atoms with Crippen LogP contribution in [0.4, 0.5) is 0 Å². The number of esters is 1. The number of aromatic nitrogens is 1. The first-order chi connectivity index (χ1) is 6.18. The van der Waals surface area contributed by atoms with Crippen LogP contribution in [0, 0.1) is 5.92 Å². The minimum Gasteiger partial charge on any atom is -0.469 e. The van der Waals surface area contributed by atoms with Crippen molar-refractivity contribution in [3.63, 3.8) is 0 Å². The van der Waals surface area contributed by atoms with Crippen LogP contribution in [-0.4, -0.2) is 17.6 Å². The number of rotatable bonds is 2. The number of carbonyl (C=O) groups excluding carboxylic acids is 1. The third kappa shape index (κ3) is 1.15. The average Bonchev–Trinajstić information content (AvgIpc) is 2.64. The largest absolute Gasteiger partial charge is 0.469 e. The smallest absolute Gasteiger partial charge is 0.311 e. The highest BCUT2D eigenvalue weighted by Crippen LogP contribution is 2.50. The first kappa shape index (κ1) is 8.35. The predicted molar refractivity (Wildman–Crippen MR) is 48.2 cm³/mol. The van der Waals surface area contributed by atoms with E-state index in [1.165, 1.54) is 7.11 Å². The molecule has 1 saturated carbocycles. The van der Waals surface area contributed by atoms with Gasteiger partial charge in [0.1, 0.15) is 0 Å². The third-order valence-corrected chi connectivity index (χ3v) is 2.89. The molecule has 3 heteroatoms. The van der Waals surface area contributed by atoms with Gasteiger partial charge in [-0.3, -0.25) is 4.79 Å². The maximum Gasteiger partial charge on any atom is 0.311 e. The lowest BCUT2D eigenvalue weighted by Gasteiger charge is -2.12. The molecule has 0 amide bonds. The van der Waals surface area contributed by atoms with Crippen LogP contribution >= 0.6 is 0 Å². The Labute approximate surface area is 77.3 Å². The molecule has 2 atom stereocenters. The van der Waals surface area contributed by atoms with Crippen molar-refractivity contribution in [2.45, 2.75) is 18.9 Å². The molecule has 0 N–H and O–H groups in total. The molecule has 70 valence electrons. The predicted octanol–water partition coefficient (Wildman–Crippen LogP) is 1.40. The number of nitrogens with zero attached hydrogens (tertiary/aromatic N) is 1. The fraction of sp³-hybridized carbons (Fsp3) is 0.500. The van der Waals surface area contributed by atoms with Gasteiger partial charge in [-0.2, -0.15) is 0 Å². The van der Waals surface area contributed by atoms with E-state index in [0.29, 0.717) is 0 Å². The van der Waals surface area contributed by atoms with E-state index in [1.54, 1.807) is 0 Å². The zero-order chi connectivity index (χ0) is 9.47. The summed E-state index contributed by atoms with van der Waals surface area (Å²) < 4.78 is 6.79. The molecular formula is C10H13NO2. The molecule has 1 aliphatic rings. The first-order valence-electron chi connectivity index (χ1n) is 4.40. The van der Waals surface area contributed by atoms with E-state index in [0.717, 1.165) is 6.42 Å². The van der Waals surface area contributed by atoms with Crippen molar-refractivity contribution in [1.29, 1.82) is 0 Å². The lowest BCUT2D eigenvalue weighted by Crippen LogP contribution is -2.18. The quantitative estimate of drug-likeness (QED) is 0.642. The lowest BCUT2D eigenvalue weighted by atomic mass is 10.2. The Balaban J connectivity index is 2.15. The van der Waals surface area contributed by atoms with E-state index in [-0.39, 0.29) is 17.4 Å². The maximum atomic E-state index is 11.2. The molecule has 3 nitrogen and oxygen atoms in total. The summed E-state index contributed by atoms with van der Waals surface area (Å²) in [6, 6.07) is 3.94. The van der Waals surface area contributed by atoms with E-state index in [1.807, 2.05) is 24.5 Å². The van der Waals surface area contributed by atoms with E-state index < -0.39 is 0 Å². The Morgan fingerprint density at radius 1 is 1.54 bits per heavy atom. The molecule has 1 fully saturated rings. The van der Waals surface area contributed by atoms with Crippen LogP contribution in [0.1, 0.15) is 13.3 Å². The minimum absolute atomic E-state index is 0.0323. The number of carbonyl (C=O) groups is 1. The molecule has 1 aliphatic carbocycles. The van der Waals surface area contributed by atoms with Gasteiger partial charge in [0.25, 0.3) is 0 Å². The highest BCUT2D eigenvalue weighted by atomic mass is 16.5. The highest BCUT2D eigenvalue weighted by Gasteiger charge is 2.56. The van der Waals surface area contributed by atoms with E-state index in [9.17, 15) is 4.79 Å². The third-order valence-electron chi connectivity index (χ3n) is 2.89. The number of hydrogen-bond donors (Lipinski definition) is 0. The summed E-state index contributed by atoms with van der Waals surface area (Å²) in [6.45, 7) is 2.08. The summed E-state index contributed by atoms with van der Waals surface area (Å²) in [5.41, 5.74) is -0.0450. The van der Waals surface area contributed by atoms with Gasteiger partial charge in [-0.1, -0.05) is 0 Å². The normalized spacial score (nSPS) is 31.4. The van der Waals surface area contributed by atoms with Gasteiger partial charge < -0.3 is 9.30 Å². The Hall–Kier alpha value is -1.25. The van der Waals surface area contributed by atoms with Crippen molar-refractivity contribution < 1.29 is 9.53 Å². The fourth-order valence-electron chi connectivity index (χ4n) is 1.79. The number of hydrogen-bond acceptors (Lipinski definition) is 2. The van der Waals surface area contributed by atoms with Gasteiger partial charge in [0.2, 0.25) is 0 Å². The van der Waals surface area contributed by atoms with Crippen LogP contribution in [0.25, 0.3) is 0 Å². The van der Waals surface area contributed by atoms with Crippen molar-refractivity contribution in [3.05, 3.63) is 24.5 Å². The second-order valence-corrected chi connectivity index (χ2v) is 3.73. The summed E-state index contributed by atoms with van der Waals surface area (Å²) >= 11 is 0. The minimum atomic E-state index is -0.101. The average molecular weight is 179 g/mol. The van der Waals surface area contributed by atoms with Crippen LogP contribution in [0.15, 0.2) is 24.5 Å². The molecule has 1 aromatic heterocycles. The Morgan fingerprint density at radius 3 is 2.69 bits per heavy atom. The van der Waals surface area contributed by atoms with Gasteiger partial charge in [0, 0.05) is 12.4 Å². The number of methoxy groups -OCH3 is 1. The fourth-order valence-corrected chi connectivity index (χ4v) is 1.79. The van der Waals surface area contributed by atoms with Gasteiger partial charge in [-0.25, -0.2) is 0 Å². The Morgan fingerprint density at radius 2 is 2.15 bits per heavy atom. The summed E-state index contributed by atoms with van der Waals surface area (Å²) in [7, 11) is 1.44. The van der Waals surface area contributed by atoms with Gasteiger partial charge >= 0.3 is 5.97 Å². The van der Waals surface area contributed by atoms with Crippen molar-refractivity contribution >= 4 is 5.97 Å². The molecule has 0 bridgehead atoms. The summed E-state index contributed by atoms with van der Waals surface area (Å²) in [6.07, 6.45) is 4.86. The molecule has 0 radical (unpaired) electrons. The van der Waals surface area contributed by atoms with Gasteiger partial charge in [0.05, 0.1) is 18.6 Å². The van der Waals surface area contributed by atoms with E-state index >= 15 is 0 Å². The second-order valence-electron chi connectivity index (χ2n) is 3.73. The van der Waals surface area contributed by atoms with Crippen molar-refractivity contribution in [1.82, 2.24) is 4.57 Å². The van der Waals surface area contributed by atoms with E-state index in [2.05, 4.69) is 11.5 Å². The second kappa shape index (κ2) is 2.62. The van der Waals surface area contributed by atoms with Crippen LogP contribution in [0.5, 0.6) is 0 Å². The van der Waals surface area contributed by atoms with Gasteiger partial charge in [0.15, 0.2) is 0 Å². The van der Waals surface area contributed by atoms with Gasteiger partial charge in [-0.05, 0) is 25.5 Å². The molecular weight excluding hydrogens is 166 g/mol. The lowest BCUT2D eigenvalue weighted by molar-refractivity contribution is -0.142. The molecule has 2 unspecified atom stereocenters. The molecule has 0 spiro atoms. The zero-order valence-electron chi connectivity index (χ0n) is 7.86. The molecule has 0 saturated heterocycles. The van der Waals surface area contributed by atoms with Gasteiger partial charge in [-0.15, -0.1) is 0 Å². The topological polar surface area (TPSA) is 31.2 Å². The SMILES string of the molecule is COC(=O)C1CC1(C)n1cccc1. The summed E-state index contributed by atoms with van der Waals surface area (Å²) in [4.78, 5) is 11.2. The zero-order valence-corrected chi connectivity index (χ0v) is 7.86. The molecule has 2 rings (SSSR count). The molecule has 1 aromatic rings. The van der Waals surface area contributed by atoms with Crippen LogP contribution in [0.3, 0.4) is 0 Å². The van der Waals surface area contributed by atoms with Crippen molar-refractivity contribution in [2.24, 2.45) is 5.92 Å². The van der Waals surface area contributed by atoms with E-state index in [4.69, 9.17) is 4.74 Å².